The van der Waals surface area contributed by atoms with Crippen LogP contribution in [0.3, 0.4) is 0 Å². The van der Waals surface area contributed by atoms with Crippen LogP contribution in [0.2, 0.25) is 0 Å². The van der Waals surface area contributed by atoms with Gasteiger partial charge in [-0.1, -0.05) is 0 Å². The predicted octanol–water partition coefficient (Wildman–Crippen LogP) is 3.36. The van der Waals surface area contributed by atoms with Crippen LogP contribution in [-0.4, -0.2) is 28.8 Å². The third-order valence-corrected chi connectivity index (χ3v) is 3.76. The molecule has 3 aromatic rings. The van der Waals surface area contributed by atoms with E-state index in [-0.39, 0.29) is 17.4 Å². The lowest BCUT2D eigenvalue weighted by atomic mass is 10.2. The van der Waals surface area contributed by atoms with Crippen molar-refractivity contribution in [2.45, 2.75) is 6.92 Å². The number of ether oxygens (including phenoxy) is 1. The lowest BCUT2D eigenvalue weighted by Crippen LogP contribution is -2.13. The van der Waals surface area contributed by atoms with Crippen LogP contribution in [0, 0.1) is 12.7 Å². The SMILES string of the molecule is COC(=O)c1ccc(NC(=O)c2cc(C)n(-c3ccc(F)cc3)n2)cc1. The first-order valence-electron chi connectivity index (χ1n) is 7.80. The van der Waals surface area contributed by atoms with E-state index in [0.29, 0.717) is 16.9 Å². The second kappa shape index (κ2) is 7.18. The molecule has 0 aliphatic carbocycles. The number of amides is 1. The number of carbonyl (C=O) groups excluding carboxylic acids is 2. The normalized spacial score (nSPS) is 10.4. The molecule has 2 aromatic carbocycles. The Kier molecular flexibility index (Phi) is 4.79. The highest BCUT2D eigenvalue weighted by Gasteiger charge is 2.14. The zero-order valence-electron chi connectivity index (χ0n) is 14.2. The van der Waals surface area contributed by atoms with Gasteiger partial charge in [0.2, 0.25) is 0 Å². The number of aromatic nitrogens is 2. The molecule has 0 fully saturated rings. The van der Waals surface area contributed by atoms with E-state index >= 15 is 0 Å². The van der Waals surface area contributed by atoms with E-state index < -0.39 is 5.97 Å². The maximum absolute atomic E-state index is 13.1. The fourth-order valence-electron chi connectivity index (χ4n) is 2.43. The van der Waals surface area contributed by atoms with Gasteiger partial charge in [-0.15, -0.1) is 0 Å². The van der Waals surface area contributed by atoms with E-state index in [9.17, 15) is 14.0 Å². The van der Waals surface area contributed by atoms with Crippen LogP contribution in [0.4, 0.5) is 10.1 Å². The summed E-state index contributed by atoms with van der Waals surface area (Å²) < 4.78 is 19.3. The lowest BCUT2D eigenvalue weighted by Gasteiger charge is -2.05. The van der Waals surface area contributed by atoms with E-state index in [4.69, 9.17) is 0 Å². The maximum atomic E-state index is 13.1. The Morgan fingerprint density at radius 2 is 1.73 bits per heavy atom. The van der Waals surface area contributed by atoms with E-state index in [1.54, 1.807) is 54.1 Å². The lowest BCUT2D eigenvalue weighted by molar-refractivity contribution is 0.0600. The smallest absolute Gasteiger partial charge is 0.337 e. The summed E-state index contributed by atoms with van der Waals surface area (Å²) in [5, 5.41) is 6.99. The standard InChI is InChI=1S/C19H16FN3O3/c1-12-11-17(22-23(12)16-9-5-14(20)6-10-16)18(24)21-15-7-3-13(4-8-15)19(25)26-2/h3-11H,1-2H3,(H,21,24). The molecule has 6 nitrogen and oxygen atoms in total. The van der Waals surface area contributed by atoms with E-state index in [0.717, 1.165) is 5.69 Å². The second-order valence-corrected chi connectivity index (χ2v) is 5.58. The molecule has 1 aromatic heterocycles. The highest BCUT2D eigenvalue weighted by Crippen LogP contribution is 2.15. The number of halogens is 1. The number of hydrogen-bond acceptors (Lipinski definition) is 4. The Balaban J connectivity index is 1.77. The average Bonchev–Trinajstić information content (AvgIpc) is 3.04. The van der Waals surface area contributed by atoms with Gasteiger partial charge in [0.1, 0.15) is 5.82 Å². The van der Waals surface area contributed by atoms with E-state index in [2.05, 4.69) is 15.2 Å². The average molecular weight is 353 g/mol. The quantitative estimate of drug-likeness (QED) is 0.730. The molecule has 0 bridgehead atoms. The van der Waals surface area contributed by atoms with Crippen LogP contribution in [0.25, 0.3) is 5.69 Å². The summed E-state index contributed by atoms with van der Waals surface area (Å²) >= 11 is 0. The molecule has 132 valence electrons. The summed E-state index contributed by atoms with van der Waals surface area (Å²) in [6.07, 6.45) is 0. The molecular weight excluding hydrogens is 337 g/mol. The number of anilines is 1. The van der Waals surface area contributed by atoms with Gasteiger partial charge in [-0.2, -0.15) is 5.10 Å². The molecule has 0 spiro atoms. The molecule has 7 heteroatoms. The molecule has 1 N–H and O–H groups in total. The predicted molar refractivity (Wildman–Crippen MR) is 94.0 cm³/mol. The summed E-state index contributed by atoms with van der Waals surface area (Å²) in [6, 6.07) is 13.8. The number of esters is 1. The van der Waals surface area contributed by atoms with Gasteiger partial charge in [0.05, 0.1) is 18.4 Å². The van der Waals surface area contributed by atoms with Gasteiger partial charge in [-0.3, -0.25) is 4.79 Å². The zero-order chi connectivity index (χ0) is 18.7. The fourth-order valence-corrected chi connectivity index (χ4v) is 2.43. The minimum Gasteiger partial charge on any atom is -0.465 e. The molecule has 0 saturated carbocycles. The van der Waals surface area contributed by atoms with Crippen LogP contribution in [0.5, 0.6) is 0 Å². The Morgan fingerprint density at radius 3 is 2.35 bits per heavy atom. The Morgan fingerprint density at radius 1 is 1.08 bits per heavy atom. The monoisotopic (exact) mass is 353 g/mol. The van der Waals surface area contributed by atoms with Crippen molar-refractivity contribution in [1.82, 2.24) is 9.78 Å². The van der Waals surface area contributed by atoms with Crippen LogP contribution >= 0.6 is 0 Å². The summed E-state index contributed by atoms with van der Waals surface area (Å²) in [4.78, 5) is 23.8. The number of methoxy groups -OCH3 is 1. The van der Waals surface area contributed by atoms with Gasteiger partial charge in [0.15, 0.2) is 5.69 Å². The number of nitrogens with one attached hydrogen (secondary N) is 1. The largest absolute Gasteiger partial charge is 0.465 e. The zero-order valence-corrected chi connectivity index (χ0v) is 14.2. The van der Waals surface area contributed by atoms with E-state index in [1.807, 2.05) is 0 Å². The number of nitrogens with zero attached hydrogens (tertiary/aromatic N) is 2. The molecule has 0 aliphatic heterocycles. The van der Waals surface area contributed by atoms with Crippen molar-refractivity contribution < 1.29 is 18.7 Å². The van der Waals surface area contributed by atoms with Gasteiger partial charge in [-0.05, 0) is 61.5 Å². The van der Waals surface area contributed by atoms with Gasteiger partial charge >= 0.3 is 5.97 Å². The minimum atomic E-state index is -0.448. The fraction of sp³-hybridized carbons (Fsp3) is 0.105. The molecule has 1 heterocycles. The first-order valence-corrected chi connectivity index (χ1v) is 7.80. The van der Waals surface area contributed by atoms with E-state index in [1.165, 1.54) is 19.2 Å². The first-order chi connectivity index (χ1) is 12.5. The highest BCUT2D eigenvalue weighted by atomic mass is 19.1. The molecule has 26 heavy (non-hydrogen) atoms. The van der Waals surface area contributed by atoms with Gasteiger partial charge in [-0.25, -0.2) is 13.9 Å². The third kappa shape index (κ3) is 3.61. The van der Waals surface area contributed by atoms with Gasteiger partial charge < -0.3 is 10.1 Å². The van der Waals surface area contributed by atoms with Crippen molar-refractivity contribution in [3.05, 3.63) is 77.4 Å². The summed E-state index contributed by atoms with van der Waals surface area (Å²) in [5.74, 6) is -1.18. The molecule has 0 aliphatic rings. The van der Waals surface area contributed by atoms with Crippen LogP contribution in [-0.2, 0) is 4.74 Å². The number of rotatable bonds is 4. The molecular formula is C19H16FN3O3. The Hall–Kier alpha value is -3.48. The van der Waals surface area contributed by atoms with Crippen molar-refractivity contribution in [1.29, 1.82) is 0 Å². The van der Waals surface area contributed by atoms with Crippen molar-refractivity contribution in [2.24, 2.45) is 0 Å². The summed E-state index contributed by atoms with van der Waals surface area (Å²) in [7, 11) is 1.30. The van der Waals surface area contributed by atoms with Crippen molar-refractivity contribution in [2.75, 3.05) is 12.4 Å². The van der Waals surface area contributed by atoms with Gasteiger partial charge in [0.25, 0.3) is 5.91 Å². The molecule has 0 saturated heterocycles. The minimum absolute atomic E-state index is 0.226. The number of hydrogen-bond donors (Lipinski definition) is 1. The third-order valence-electron chi connectivity index (χ3n) is 3.76. The van der Waals surface area contributed by atoms with Crippen LogP contribution < -0.4 is 5.32 Å². The molecule has 3 rings (SSSR count). The molecule has 0 unspecified atom stereocenters. The first kappa shape index (κ1) is 17.3. The number of carbonyl (C=O) groups is 2. The molecule has 0 atom stereocenters. The summed E-state index contributed by atoms with van der Waals surface area (Å²) in [5.41, 5.74) is 2.54. The van der Waals surface area contributed by atoms with Crippen LogP contribution in [0.15, 0.2) is 54.6 Å². The topological polar surface area (TPSA) is 73.2 Å². The van der Waals surface area contributed by atoms with Crippen molar-refractivity contribution in [3.8, 4) is 5.69 Å². The van der Waals surface area contributed by atoms with Crippen LogP contribution in [0.1, 0.15) is 26.5 Å². The Labute approximate surface area is 149 Å². The molecule has 0 radical (unpaired) electrons. The maximum Gasteiger partial charge on any atom is 0.337 e. The van der Waals surface area contributed by atoms with Crippen molar-refractivity contribution in [3.63, 3.8) is 0 Å². The molecule has 1 amide bonds. The second-order valence-electron chi connectivity index (χ2n) is 5.58. The number of benzene rings is 2. The van der Waals surface area contributed by atoms with Crippen molar-refractivity contribution >= 4 is 17.6 Å². The van der Waals surface area contributed by atoms with Gasteiger partial charge in [0, 0.05) is 11.4 Å². The number of aryl methyl sites for hydroxylation is 1. The Bertz CT molecular complexity index is 947. The highest BCUT2D eigenvalue weighted by molar-refractivity contribution is 6.03. The summed E-state index contributed by atoms with van der Waals surface area (Å²) in [6.45, 7) is 1.80.